The lowest BCUT2D eigenvalue weighted by Crippen LogP contribution is -2.43. The van der Waals surface area contributed by atoms with Gasteiger partial charge in [-0.15, -0.1) is 0 Å². The van der Waals surface area contributed by atoms with Crippen molar-refractivity contribution in [2.24, 2.45) is 5.92 Å². The van der Waals surface area contributed by atoms with Crippen LogP contribution in [-0.4, -0.2) is 29.8 Å². The maximum atomic E-state index is 13.3. The van der Waals surface area contributed by atoms with Crippen LogP contribution in [0.3, 0.4) is 0 Å². The Labute approximate surface area is 191 Å². The van der Waals surface area contributed by atoms with Crippen LogP contribution in [0, 0.1) is 17.6 Å². The molecule has 7 heteroatoms. The van der Waals surface area contributed by atoms with E-state index >= 15 is 0 Å². The van der Waals surface area contributed by atoms with Gasteiger partial charge in [0.25, 0.3) is 5.91 Å². The fourth-order valence-electron chi connectivity index (χ4n) is 3.85. The number of likely N-dealkylation sites (tertiary alicyclic amines) is 1. The van der Waals surface area contributed by atoms with Crippen molar-refractivity contribution < 1.29 is 23.1 Å². The summed E-state index contributed by atoms with van der Waals surface area (Å²) in [4.78, 5) is 27.2. The summed E-state index contributed by atoms with van der Waals surface area (Å²) in [5.74, 6) is -0.899. The molecule has 0 radical (unpaired) electrons. The van der Waals surface area contributed by atoms with Gasteiger partial charge < -0.3 is 15.0 Å². The van der Waals surface area contributed by atoms with Crippen LogP contribution >= 0.6 is 0 Å². The van der Waals surface area contributed by atoms with Gasteiger partial charge >= 0.3 is 0 Å². The Balaban J connectivity index is 1.35. The highest BCUT2D eigenvalue weighted by atomic mass is 19.1. The second kappa shape index (κ2) is 10.3. The number of piperidine rings is 1. The van der Waals surface area contributed by atoms with Gasteiger partial charge in [0.15, 0.2) is 0 Å². The number of carbonyl (C=O) groups is 2. The number of carbonyl (C=O) groups excluding carboxylic acids is 2. The Kier molecular flexibility index (Phi) is 6.98. The number of benzene rings is 3. The fraction of sp³-hybridized carbons (Fsp3) is 0.231. The number of amides is 2. The lowest BCUT2D eigenvalue weighted by atomic mass is 9.96. The van der Waals surface area contributed by atoms with E-state index in [2.05, 4.69) is 5.32 Å². The van der Waals surface area contributed by atoms with Crippen molar-refractivity contribution >= 4 is 17.5 Å². The van der Waals surface area contributed by atoms with Crippen molar-refractivity contribution in [3.63, 3.8) is 0 Å². The molecule has 1 N–H and O–H groups in total. The Hall–Kier alpha value is -3.74. The number of hydrogen-bond donors (Lipinski definition) is 1. The summed E-state index contributed by atoms with van der Waals surface area (Å²) in [6.45, 7) is 1.07. The molecule has 1 atom stereocenters. The molecule has 1 aliphatic heterocycles. The average Bonchev–Trinajstić information content (AvgIpc) is 2.83. The largest absolute Gasteiger partial charge is 0.489 e. The summed E-state index contributed by atoms with van der Waals surface area (Å²) < 4.78 is 32.2. The second-order valence-corrected chi connectivity index (χ2v) is 8.03. The van der Waals surface area contributed by atoms with E-state index in [1.54, 1.807) is 41.3 Å². The summed E-state index contributed by atoms with van der Waals surface area (Å²) in [6.07, 6.45) is 1.39. The molecule has 1 unspecified atom stereocenters. The number of hydrogen-bond acceptors (Lipinski definition) is 3. The molecule has 33 heavy (non-hydrogen) atoms. The lowest BCUT2D eigenvalue weighted by molar-refractivity contribution is -0.121. The van der Waals surface area contributed by atoms with Gasteiger partial charge in [-0.1, -0.05) is 18.2 Å². The predicted molar refractivity (Wildman–Crippen MR) is 121 cm³/mol. The molecule has 3 aromatic carbocycles. The summed E-state index contributed by atoms with van der Waals surface area (Å²) in [6, 6.07) is 18.6. The Bertz CT molecular complexity index is 1130. The van der Waals surface area contributed by atoms with Crippen LogP contribution in [0.15, 0.2) is 72.8 Å². The van der Waals surface area contributed by atoms with Crippen molar-refractivity contribution in [1.29, 1.82) is 0 Å². The molecule has 1 heterocycles. The van der Waals surface area contributed by atoms with Crippen molar-refractivity contribution in [2.75, 3.05) is 18.4 Å². The first-order valence-corrected chi connectivity index (χ1v) is 10.8. The average molecular weight is 450 g/mol. The Morgan fingerprint density at radius 1 is 0.970 bits per heavy atom. The quantitative estimate of drug-likeness (QED) is 0.573. The highest BCUT2D eigenvalue weighted by molar-refractivity contribution is 5.96. The zero-order valence-electron chi connectivity index (χ0n) is 18.0. The van der Waals surface area contributed by atoms with Crippen molar-refractivity contribution in [2.45, 2.75) is 19.4 Å². The predicted octanol–water partition coefficient (Wildman–Crippen LogP) is 5.03. The molecule has 0 spiro atoms. The minimum absolute atomic E-state index is 0.172. The van der Waals surface area contributed by atoms with Crippen LogP contribution in [0.4, 0.5) is 14.5 Å². The fourth-order valence-corrected chi connectivity index (χ4v) is 3.85. The normalized spacial score (nSPS) is 15.7. The van der Waals surface area contributed by atoms with Crippen molar-refractivity contribution in [3.05, 3.63) is 95.6 Å². The molecule has 1 saturated heterocycles. The van der Waals surface area contributed by atoms with Crippen LogP contribution in [0.1, 0.15) is 28.8 Å². The molecule has 0 aromatic heterocycles. The van der Waals surface area contributed by atoms with Crippen LogP contribution in [-0.2, 0) is 11.4 Å². The smallest absolute Gasteiger partial charge is 0.253 e. The maximum absolute atomic E-state index is 13.3. The summed E-state index contributed by atoms with van der Waals surface area (Å²) in [5.41, 5.74) is 1.69. The topological polar surface area (TPSA) is 58.6 Å². The van der Waals surface area contributed by atoms with E-state index in [0.717, 1.165) is 0 Å². The van der Waals surface area contributed by atoms with Gasteiger partial charge in [-0.05, 0) is 66.9 Å². The molecular formula is C26H24F2N2O3. The number of ether oxygens (including phenoxy) is 1. The van der Waals surface area contributed by atoms with Gasteiger partial charge in [0.05, 0.1) is 5.92 Å². The van der Waals surface area contributed by atoms with E-state index in [1.165, 1.54) is 36.4 Å². The van der Waals surface area contributed by atoms with E-state index in [-0.39, 0.29) is 30.2 Å². The van der Waals surface area contributed by atoms with Crippen LogP contribution < -0.4 is 10.1 Å². The SMILES string of the molecule is O=C(Nc1cccc(OCc2cccc(F)c2)c1)C1CCCN(C(=O)c2ccc(F)cc2)C1. The molecule has 0 bridgehead atoms. The molecule has 1 aliphatic rings. The standard InChI is InChI=1S/C26H24F2N2O3/c27-21-11-9-19(10-12-21)26(32)30-13-3-5-20(16-30)25(31)29-23-7-2-8-24(15-23)33-17-18-4-1-6-22(28)14-18/h1-2,4,6-12,14-15,20H,3,5,13,16-17H2,(H,29,31). The van der Waals surface area contributed by atoms with Gasteiger partial charge in [-0.25, -0.2) is 8.78 Å². The molecular weight excluding hydrogens is 426 g/mol. The zero-order valence-corrected chi connectivity index (χ0v) is 18.0. The van der Waals surface area contributed by atoms with Gasteiger partial charge in [0, 0.05) is 30.4 Å². The van der Waals surface area contributed by atoms with Gasteiger partial charge in [0.1, 0.15) is 24.0 Å². The number of anilines is 1. The van der Waals surface area contributed by atoms with E-state index < -0.39 is 5.82 Å². The highest BCUT2D eigenvalue weighted by Crippen LogP contribution is 2.23. The van der Waals surface area contributed by atoms with Crippen LogP contribution in [0.25, 0.3) is 0 Å². The van der Waals surface area contributed by atoms with E-state index in [4.69, 9.17) is 4.74 Å². The molecule has 2 amide bonds. The highest BCUT2D eigenvalue weighted by Gasteiger charge is 2.29. The van der Waals surface area contributed by atoms with E-state index in [9.17, 15) is 18.4 Å². The first-order chi connectivity index (χ1) is 16.0. The van der Waals surface area contributed by atoms with Gasteiger partial charge in [-0.3, -0.25) is 9.59 Å². The first kappa shape index (κ1) is 22.5. The monoisotopic (exact) mass is 450 g/mol. The molecule has 5 nitrogen and oxygen atoms in total. The third-order valence-electron chi connectivity index (χ3n) is 5.57. The van der Waals surface area contributed by atoms with Gasteiger partial charge in [-0.2, -0.15) is 0 Å². The molecule has 170 valence electrons. The summed E-state index contributed by atoms with van der Waals surface area (Å²) in [5, 5.41) is 2.90. The summed E-state index contributed by atoms with van der Waals surface area (Å²) >= 11 is 0. The molecule has 1 fully saturated rings. The minimum Gasteiger partial charge on any atom is -0.489 e. The second-order valence-electron chi connectivity index (χ2n) is 8.03. The van der Waals surface area contributed by atoms with E-state index in [0.29, 0.717) is 48.5 Å². The number of nitrogens with zero attached hydrogens (tertiary/aromatic N) is 1. The number of halogens is 2. The first-order valence-electron chi connectivity index (χ1n) is 10.8. The third-order valence-corrected chi connectivity index (χ3v) is 5.57. The number of rotatable bonds is 6. The summed E-state index contributed by atoms with van der Waals surface area (Å²) in [7, 11) is 0. The molecule has 0 aliphatic carbocycles. The maximum Gasteiger partial charge on any atom is 0.253 e. The molecule has 4 rings (SSSR count). The van der Waals surface area contributed by atoms with E-state index in [1.807, 2.05) is 0 Å². The lowest BCUT2D eigenvalue weighted by Gasteiger charge is -2.32. The van der Waals surface area contributed by atoms with Crippen LogP contribution in [0.2, 0.25) is 0 Å². The van der Waals surface area contributed by atoms with Gasteiger partial charge in [0.2, 0.25) is 5.91 Å². The van der Waals surface area contributed by atoms with Crippen LogP contribution in [0.5, 0.6) is 5.75 Å². The van der Waals surface area contributed by atoms with Crippen molar-refractivity contribution in [1.82, 2.24) is 4.90 Å². The molecule has 0 saturated carbocycles. The molecule has 3 aromatic rings. The van der Waals surface area contributed by atoms with Crippen molar-refractivity contribution in [3.8, 4) is 5.75 Å². The minimum atomic E-state index is -0.399. The zero-order chi connectivity index (χ0) is 23.2. The third kappa shape index (κ3) is 5.94. The Morgan fingerprint density at radius 2 is 1.76 bits per heavy atom. The Morgan fingerprint density at radius 3 is 2.55 bits per heavy atom. The number of nitrogens with one attached hydrogen (secondary N) is 1.